The van der Waals surface area contributed by atoms with Crippen LogP contribution in [-0.2, 0) is 14.4 Å². The molecule has 4 rings (SSSR count). The van der Waals surface area contributed by atoms with E-state index in [0.29, 0.717) is 16.7 Å². The van der Waals surface area contributed by atoms with Gasteiger partial charge in [-0.3, -0.25) is 14.4 Å². The standard InChI is InChI=1S/C32H52N2O4/c1-21(2)8-6-7-9-22-10-11-25-30(22,3)17-14-26-31(4)16-13-24(18-23(31)12-15-32(25,26)5)34-28(36)20-33-27(35)19-29(37)38/h12,21-22,24-26H,6-11,13-20H2,1-5H3,(H,33,35)(H,34,36)(H,37,38). The largest absolute Gasteiger partial charge is 0.481 e. The highest BCUT2D eigenvalue weighted by atomic mass is 16.4. The fourth-order valence-corrected chi connectivity index (χ4v) is 9.62. The van der Waals surface area contributed by atoms with E-state index in [4.69, 9.17) is 5.11 Å². The third kappa shape index (κ3) is 5.70. The Labute approximate surface area is 230 Å². The first kappa shape index (κ1) is 29.1. The SMILES string of the molecule is CC(C)CCCCC1CCC2C1(C)CCC1C3(C)CCC(NC(=O)CNC(=O)CC(=O)O)CC3=CCC12C. The van der Waals surface area contributed by atoms with Gasteiger partial charge in [0.1, 0.15) is 6.42 Å². The first-order chi connectivity index (χ1) is 17.9. The molecule has 3 N–H and O–H groups in total. The van der Waals surface area contributed by atoms with Crippen molar-refractivity contribution >= 4 is 17.8 Å². The smallest absolute Gasteiger partial charge is 0.312 e. The minimum absolute atomic E-state index is 0.0816. The number of hydrogen-bond acceptors (Lipinski definition) is 3. The van der Waals surface area contributed by atoms with Crippen molar-refractivity contribution in [3.05, 3.63) is 11.6 Å². The van der Waals surface area contributed by atoms with Crippen molar-refractivity contribution in [2.75, 3.05) is 6.54 Å². The number of carbonyl (C=O) groups is 3. The molecule has 0 aromatic rings. The van der Waals surface area contributed by atoms with Crippen LogP contribution >= 0.6 is 0 Å². The molecule has 0 heterocycles. The van der Waals surface area contributed by atoms with E-state index < -0.39 is 18.3 Å². The van der Waals surface area contributed by atoms with Crippen molar-refractivity contribution in [2.24, 2.45) is 39.9 Å². The van der Waals surface area contributed by atoms with Crippen molar-refractivity contribution in [1.29, 1.82) is 0 Å². The monoisotopic (exact) mass is 528 g/mol. The molecule has 6 nitrogen and oxygen atoms in total. The first-order valence-corrected chi connectivity index (χ1v) is 15.4. The average Bonchev–Trinajstić information content (AvgIpc) is 3.17. The quantitative estimate of drug-likeness (QED) is 0.177. The number of fused-ring (bicyclic) bond motifs is 5. The van der Waals surface area contributed by atoms with Gasteiger partial charge in [0.25, 0.3) is 0 Å². The van der Waals surface area contributed by atoms with Gasteiger partial charge in [0.2, 0.25) is 11.8 Å². The van der Waals surface area contributed by atoms with Gasteiger partial charge in [-0.25, -0.2) is 0 Å². The first-order valence-electron chi connectivity index (χ1n) is 15.4. The predicted molar refractivity (Wildman–Crippen MR) is 150 cm³/mol. The molecule has 0 aromatic carbocycles. The highest BCUT2D eigenvalue weighted by Crippen LogP contribution is 2.71. The number of unbranched alkanes of at least 4 members (excludes halogenated alkanes) is 1. The molecule has 7 unspecified atom stereocenters. The molecule has 4 aliphatic rings. The van der Waals surface area contributed by atoms with Crippen LogP contribution in [0.3, 0.4) is 0 Å². The third-order valence-electron chi connectivity index (χ3n) is 11.6. The maximum Gasteiger partial charge on any atom is 0.312 e. The average molecular weight is 529 g/mol. The van der Waals surface area contributed by atoms with E-state index in [9.17, 15) is 14.4 Å². The lowest BCUT2D eigenvalue weighted by Crippen LogP contribution is -2.56. The number of nitrogens with one attached hydrogen (secondary N) is 2. The number of amides is 2. The van der Waals surface area contributed by atoms with Crippen LogP contribution in [0.4, 0.5) is 0 Å². The Morgan fingerprint density at radius 1 is 0.974 bits per heavy atom. The molecule has 0 aliphatic heterocycles. The summed E-state index contributed by atoms with van der Waals surface area (Å²) in [7, 11) is 0. The summed E-state index contributed by atoms with van der Waals surface area (Å²) in [5, 5.41) is 14.2. The molecule has 0 bridgehead atoms. The number of carbonyl (C=O) groups excluding carboxylic acids is 2. The van der Waals surface area contributed by atoms with E-state index in [1.807, 2.05) is 0 Å². The van der Waals surface area contributed by atoms with Gasteiger partial charge >= 0.3 is 5.97 Å². The lowest BCUT2D eigenvalue weighted by atomic mass is 9.41. The van der Waals surface area contributed by atoms with Gasteiger partial charge in [0.05, 0.1) is 6.54 Å². The highest BCUT2D eigenvalue weighted by molar-refractivity contribution is 5.95. The molecule has 3 saturated carbocycles. The fraction of sp³-hybridized carbons (Fsp3) is 0.844. The number of carboxylic acid groups (broad SMARTS) is 1. The Hall–Kier alpha value is -1.85. The number of rotatable bonds is 10. The Morgan fingerprint density at radius 2 is 1.74 bits per heavy atom. The third-order valence-corrected chi connectivity index (χ3v) is 11.6. The van der Waals surface area contributed by atoms with Crippen LogP contribution in [0.5, 0.6) is 0 Å². The number of allylic oxidation sites excluding steroid dienone is 1. The van der Waals surface area contributed by atoms with Crippen LogP contribution < -0.4 is 10.6 Å². The Balaban J connectivity index is 1.38. The molecular formula is C32H52N2O4. The van der Waals surface area contributed by atoms with Gasteiger partial charge in [-0.05, 0) is 97.7 Å². The van der Waals surface area contributed by atoms with Crippen molar-refractivity contribution in [3.8, 4) is 0 Å². The van der Waals surface area contributed by atoms with E-state index in [0.717, 1.165) is 43.4 Å². The molecule has 0 saturated heterocycles. The molecule has 0 aromatic heterocycles. The van der Waals surface area contributed by atoms with Crippen LogP contribution in [0.1, 0.15) is 118 Å². The van der Waals surface area contributed by atoms with Gasteiger partial charge in [-0.2, -0.15) is 0 Å². The molecule has 2 amide bonds. The van der Waals surface area contributed by atoms with Gasteiger partial charge in [-0.1, -0.05) is 65.5 Å². The Morgan fingerprint density at radius 3 is 2.45 bits per heavy atom. The van der Waals surface area contributed by atoms with Gasteiger partial charge in [0.15, 0.2) is 0 Å². The van der Waals surface area contributed by atoms with E-state index in [-0.39, 0.29) is 23.9 Å². The Kier molecular flexibility index (Phi) is 8.69. The van der Waals surface area contributed by atoms with Crippen LogP contribution in [0, 0.1) is 39.9 Å². The second kappa shape index (κ2) is 11.3. The molecule has 4 aliphatic carbocycles. The zero-order valence-electron chi connectivity index (χ0n) is 24.5. The second-order valence-electron chi connectivity index (χ2n) is 14.3. The van der Waals surface area contributed by atoms with E-state index >= 15 is 0 Å². The molecule has 3 fully saturated rings. The number of aliphatic carboxylic acids is 1. The Bertz CT molecular complexity index is 944. The van der Waals surface area contributed by atoms with Crippen molar-refractivity contribution in [1.82, 2.24) is 10.6 Å². The summed E-state index contributed by atoms with van der Waals surface area (Å²) < 4.78 is 0. The van der Waals surface area contributed by atoms with Crippen LogP contribution in [0.25, 0.3) is 0 Å². The molecule has 7 atom stereocenters. The minimum Gasteiger partial charge on any atom is -0.481 e. The maximum atomic E-state index is 12.4. The second-order valence-corrected chi connectivity index (χ2v) is 14.3. The van der Waals surface area contributed by atoms with Crippen molar-refractivity contribution in [3.63, 3.8) is 0 Å². The summed E-state index contributed by atoms with van der Waals surface area (Å²) >= 11 is 0. The maximum absolute atomic E-state index is 12.4. The summed E-state index contributed by atoms with van der Waals surface area (Å²) in [5.74, 6) is 1.16. The van der Waals surface area contributed by atoms with Gasteiger partial charge in [-0.15, -0.1) is 0 Å². The minimum atomic E-state index is -1.19. The summed E-state index contributed by atoms with van der Waals surface area (Å²) in [4.78, 5) is 34.7. The molecule has 0 spiro atoms. The van der Waals surface area contributed by atoms with Crippen molar-refractivity contribution in [2.45, 2.75) is 124 Å². The van der Waals surface area contributed by atoms with Gasteiger partial charge in [0, 0.05) is 6.04 Å². The zero-order chi connectivity index (χ0) is 27.7. The molecule has 6 heteroatoms. The zero-order valence-corrected chi connectivity index (χ0v) is 24.5. The molecule has 38 heavy (non-hydrogen) atoms. The summed E-state index contributed by atoms with van der Waals surface area (Å²) in [5.41, 5.74) is 2.59. The summed E-state index contributed by atoms with van der Waals surface area (Å²) in [6.07, 6.45) is 17.1. The molecular weight excluding hydrogens is 476 g/mol. The normalized spacial score (nSPS) is 38.0. The van der Waals surface area contributed by atoms with E-state index in [1.165, 1.54) is 56.9 Å². The summed E-state index contributed by atoms with van der Waals surface area (Å²) in [6, 6.07) is 0.0816. The van der Waals surface area contributed by atoms with Crippen LogP contribution in [-0.4, -0.2) is 35.5 Å². The topological polar surface area (TPSA) is 95.5 Å². The molecule has 214 valence electrons. The number of carboxylic acids is 1. The fourth-order valence-electron chi connectivity index (χ4n) is 9.62. The summed E-state index contributed by atoms with van der Waals surface area (Å²) in [6.45, 7) is 12.3. The lowest BCUT2D eigenvalue weighted by Gasteiger charge is -2.63. The van der Waals surface area contributed by atoms with E-state index in [1.54, 1.807) is 0 Å². The lowest BCUT2D eigenvalue weighted by molar-refractivity contribution is -0.141. The molecule has 0 radical (unpaired) electrons. The predicted octanol–water partition coefficient (Wildman–Crippen LogP) is 6.25. The highest BCUT2D eigenvalue weighted by Gasteiger charge is 2.63. The van der Waals surface area contributed by atoms with Crippen LogP contribution in [0.2, 0.25) is 0 Å². The van der Waals surface area contributed by atoms with Gasteiger partial charge < -0.3 is 15.7 Å². The van der Waals surface area contributed by atoms with Crippen molar-refractivity contribution < 1.29 is 19.5 Å². The van der Waals surface area contributed by atoms with Crippen LogP contribution in [0.15, 0.2) is 11.6 Å². The van der Waals surface area contributed by atoms with E-state index in [2.05, 4.69) is 51.3 Å². The number of hydrogen-bond donors (Lipinski definition) is 3.